The Morgan fingerprint density at radius 2 is 2.06 bits per heavy atom. The molecule has 6 heteroatoms. The summed E-state index contributed by atoms with van der Waals surface area (Å²) in [7, 11) is 1.80. The Hall–Kier alpha value is -2.37. The van der Waals surface area contributed by atoms with Crippen LogP contribution in [0.2, 0.25) is 0 Å². The number of hydrogen-bond acceptors (Lipinski definition) is 3. The van der Waals surface area contributed by atoms with E-state index >= 15 is 0 Å². The van der Waals surface area contributed by atoms with E-state index in [4.69, 9.17) is 0 Å². The molecule has 5 nitrogen and oxygen atoms in total. The Morgan fingerprint density at radius 1 is 1.33 bits per heavy atom. The number of carbonyl (C=O) groups excluding carboxylic acids is 1. The zero-order chi connectivity index (χ0) is 13.0. The highest BCUT2D eigenvalue weighted by Gasteiger charge is 2.03. The molecular weight excluding hydrogens is 235 g/mol. The van der Waals surface area contributed by atoms with Gasteiger partial charge in [0.05, 0.1) is 6.54 Å². The predicted octanol–water partition coefficient (Wildman–Crippen LogP) is 1.61. The molecule has 0 radical (unpaired) electrons. The largest absolute Gasteiger partial charge is 0.360 e. The monoisotopic (exact) mass is 248 g/mol. The quantitative estimate of drug-likeness (QED) is 0.864. The van der Waals surface area contributed by atoms with E-state index < -0.39 is 0 Å². The molecule has 0 fully saturated rings. The van der Waals surface area contributed by atoms with Crippen molar-refractivity contribution in [2.75, 3.05) is 17.2 Å². The summed E-state index contributed by atoms with van der Waals surface area (Å²) in [6.07, 6.45) is 1.78. The fraction of sp³-hybridized carbons (Fsp3) is 0.167. The molecule has 0 saturated carbocycles. The summed E-state index contributed by atoms with van der Waals surface area (Å²) in [5.74, 6) is 0.0821. The van der Waals surface area contributed by atoms with Crippen LogP contribution in [0, 0.1) is 5.82 Å². The van der Waals surface area contributed by atoms with Gasteiger partial charge in [0.15, 0.2) is 0 Å². The van der Waals surface area contributed by atoms with Gasteiger partial charge in [0.1, 0.15) is 11.6 Å². The lowest BCUT2D eigenvalue weighted by atomic mass is 10.3. The van der Waals surface area contributed by atoms with Crippen LogP contribution in [0.3, 0.4) is 0 Å². The fourth-order valence-corrected chi connectivity index (χ4v) is 1.42. The van der Waals surface area contributed by atoms with Crippen LogP contribution in [0.15, 0.2) is 36.5 Å². The van der Waals surface area contributed by atoms with Crippen molar-refractivity contribution in [1.29, 1.82) is 0 Å². The molecule has 2 rings (SSSR count). The minimum absolute atomic E-state index is 0.106. The average Bonchev–Trinajstić information content (AvgIpc) is 2.76. The number of halogens is 1. The lowest BCUT2D eigenvalue weighted by Crippen LogP contribution is -2.21. The van der Waals surface area contributed by atoms with Gasteiger partial charge in [0.25, 0.3) is 0 Å². The van der Waals surface area contributed by atoms with E-state index in [1.165, 1.54) is 24.3 Å². The molecule has 0 aliphatic rings. The van der Waals surface area contributed by atoms with E-state index in [1.54, 1.807) is 24.0 Å². The van der Waals surface area contributed by atoms with Crippen LogP contribution < -0.4 is 10.6 Å². The third-order valence-electron chi connectivity index (χ3n) is 2.27. The molecule has 0 unspecified atom stereocenters. The Bertz CT molecular complexity index is 535. The van der Waals surface area contributed by atoms with Crippen LogP contribution >= 0.6 is 0 Å². The van der Waals surface area contributed by atoms with Crippen LogP contribution in [0.5, 0.6) is 0 Å². The van der Waals surface area contributed by atoms with Crippen LogP contribution in [0.4, 0.5) is 15.9 Å². The van der Waals surface area contributed by atoms with E-state index in [0.29, 0.717) is 11.5 Å². The summed E-state index contributed by atoms with van der Waals surface area (Å²) >= 11 is 0. The lowest BCUT2D eigenvalue weighted by molar-refractivity contribution is -0.114. The van der Waals surface area contributed by atoms with Gasteiger partial charge in [-0.1, -0.05) is 0 Å². The molecule has 2 N–H and O–H groups in total. The molecule has 2 aromatic rings. The van der Waals surface area contributed by atoms with Gasteiger partial charge in [-0.05, 0) is 24.3 Å². The topological polar surface area (TPSA) is 59.0 Å². The smallest absolute Gasteiger partial charge is 0.243 e. The molecule has 0 aliphatic carbocycles. The predicted molar refractivity (Wildman–Crippen MR) is 66.7 cm³/mol. The summed E-state index contributed by atoms with van der Waals surface area (Å²) in [6.45, 7) is 0.106. The molecule has 0 saturated heterocycles. The molecular formula is C12H13FN4O. The highest BCUT2D eigenvalue weighted by Crippen LogP contribution is 2.08. The van der Waals surface area contributed by atoms with Crippen LogP contribution in [0.1, 0.15) is 0 Å². The van der Waals surface area contributed by atoms with Crippen molar-refractivity contribution in [2.24, 2.45) is 7.05 Å². The Kier molecular flexibility index (Phi) is 3.57. The van der Waals surface area contributed by atoms with Crippen molar-refractivity contribution in [3.63, 3.8) is 0 Å². The van der Waals surface area contributed by atoms with Crippen LogP contribution in [-0.4, -0.2) is 22.2 Å². The summed E-state index contributed by atoms with van der Waals surface area (Å²) in [5.41, 5.74) is 0.559. The number of carbonyl (C=O) groups is 1. The standard InChI is InChI=1S/C12H13FN4O/c1-17-7-6-11(16-17)14-8-12(18)15-10-4-2-9(13)3-5-10/h2-7H,8H2,1H3,(H,14,16)(H,15,18). The number of anilines is 2. The molecule has 0 spiro atoms. The highest BCUT2D eigenvalue weighted by molar-refractivity contribution is 5.93. The zero-order valence-electron chi connectivity index (χ0n) is 9.85. The summed E-state index contributed by atoms with van der Waals surface area (Å²) in [5, 5.41) is 9.60. The van der Waals surface area contributed by atoms with E-state index in [0.717, 1.165) is 0 Å². The first-order chi connectivity index (χ1) is 8.63. The number of hydrogen-bond donors (Lipinski definition) is 2. The minimum atomic E-state index is -0.334. The first kappa shape index (κ1) is 12.1. The Labute approximate surface area is 104 Å². The third-order valence-corrected chi connectivity index (χ3v) is 2.27. The van der Waals surface area contributed by atoms with Crippen molar-refractivity contribution >= 4 is 17.4 Å². The van der Waals surface area contributed by atoms with Crippen LogP contribution in [-0.2, 0) is 11.8 Å². The number of aryl methyl sites for hydroxylation is 1. The first-order valence-corrected chi connectivity index (χ1v) is 5.42. The number of rotatable bonds is 4. The van der Waals surface area contributed by atoms with Gasteiger partial charge in [0.2, 0.25) is 5.91 Å². The van der Waals surface area contributed by atoms with Crippen molar-refractivity contribution < 1.29 is 9.18 Å². The molecule has 0 aliphatic heterocycles. The van der Waals surface area contributed by atoms with Gasteiger partial charge < -0.3 is 10.6 Å². The molecule has 1 aromatic carbocycles. The average molecular weight is 248 g/mol. The van der Waals surface area contributed by atoms with Crippen molar-refractivity contribution in [2.45, 2.75) is 0 Å². The van der Waals surface area contributed by atoms with Gasteiger partial charge in [-0.15, -0.1) is 0 Å². The number of aromatic nitrogens is 2. The highest BCUT2D eigenvalue weighted by atomic mass is 19.1. The second-order valence-corrected chi connectivity index (χ2v) is 3.78. The zero-order valence-corrected chi connectivity index (χ0v) is 9.85. The number of nitrogens with zero attached hydrogens (tertiary/aromatic N) is 2. The van der Waals surface area contributed by atoms with Crippen molar-refractivity contribution in [3.05, 3.63) is 42.3 Å². The molecule has 0 atom stereocenters. The molecule has 0 bridgehead atoms. The van der Waals surface area contributed by atoms with Gasteiger partial charge in [0, 0.05) is 25.0 Å². The number of amides is 1. The van der Waals surface area contributed by atoms with E-state index in [9.17, 15) is 9.18 Å². The van der Waals surface area contributed by atoms with E-state index in [2.05, 4.69) is 15.7 Å². The summed E-state index contributed by atoms with van der Waals surface area (Å²) < 4.78 is 14.3. The van der Waals surface area contributed by atoms with Crippen molar-refractivity contribution in [3.8, 4) is 0 Å². The van der Waals surface area contributed by atoms with Gasteiger partial charge in [-0.25, -0.2) is 4.39 Å². The Morgan fingerprint density at radius 3 is 2.67 bits per heavy atom. The van der Waals surface area contributed by atoms with Gasteiger partial charge >= 0.3 is 0 Å². The van der Waals surface area contributed by atoms with Gasteiger partial charge in [-0.2, -0.15) is 5.10 Å². The third kappa shape index (κ3) is 3.31. The fourth-order valence-electron chi connectivity index (χ4n) is 1.42. The first-order valence-electron chi connectivity index (χ1n) is 5.42. The van der Waals surface area contributed by atoms with Crippen LogP contribution in [0.25, 0.3) is 0 Å². The maximum atomic E-state index is 12.7. The summed E-state index contributed by atoms with van der Waals surface area (Å²) in [6, 6.07) is 7.37. The molecule has 1 aromatic heterocycles. The number of benzene rings is 1. The SMILES string of the molecule is Cn1ccc(NCC(=O)Nc2ccc(F)cc2)n1. The Balaban J connectivity index is 1.83. The number of nitrogens with one attached hydrogen (secondary N) is 2. The second kappa shape index (κ2) is 5.31. The maximum Gasteiger partial charge on any atom is 0.243 e. The maximum absolute atomic E-state index is 12.7. The second-order valence-electron chi connectivity index (χ2n) is 3.78. The molecule has 18 heavy (non-hydrogen) atoms. The summed E-state index contributed by atoms with van der Waals surface area (Å²) in [4.78, 5) is 11.6. The normalized spacial score (nSPS) is 10.1. The van der Waals surface area contributed by atoms with Crippen molar-refractivity contribution in [1.82, 2.24) is 9.78 Å². The van der Waals surface area contributed by atoms with E-state index in [-0.39, 0.29) is 18.3 Å². The molecule has 1 heterocycles. The van der Waals surface area contributed by atoms with E-state index in [1.807, 2.05) is 0 Å². The molecule has 94 valence electrons. The lowest BCUT2D eigenvalue weighted by Gasteiger charge is -2.05. The molecule has 1 amide bonds. The minimum Gasteiger partial charge on any atom is -0.360 e. The van der Waals surface area contributed by atoms with Gasteiger partial charge in [-0.3, -0.25) is 9.48 Å².